The summed E-state index contributed by atoms with van der Waals surface area (Å²) in [5, 5.41) is 0. The molecule has 118 valence electrons. The molecule has 0 aliphatic rings. The van der Waals surface area contributed by atoms with Gasteiger partial charge in [-0.25, -0.2) is 4.39 Å². The van der Waals surface area contributed by atoms with Gasteiger partial charge in [-0.2, -0.15) is 0 Å². The van der Waals surface area contributed by atoms with Crippen LogP contribution in [0.1, 0.15) is 32.8 Å². The highest BCUT2D eigenvalue weighted by Gasteiger charge is 2.30. The zero-order chi connectivity index (χ0) is 16.0. The van der Waals surface area contributed by atoms with E-state index in [2.05, 4.69) is 0 Å². The summed E-state index contributed by atoms with van der Waals surface area (Å²) in [4.78, 5) is 11.6. The highest BCUT2D eigenvalue weighted by Crippen LogP contribution is 2.25. The van der Waals surface area contributed by atoms with Crippen LogP contribution in [0, 0.1) is 11.2 Å². The molecule has 1 rings (SSSR count). The van der Waals surface area contributed by atoms with Crippen LogP contribution in [0.2, 0.25) is 0 Å². The third-order valence-corrected chi connectivity index (χ3v) is 3.36. The number of esters is 1. The van der Waals surface area contributed by atoms with Crippen molar-refractivity contribution in [1.82, 2.24) is 0 Å². The molecule has 0 radical (unpaired) electrons. The minimum Gasteiger partial charge on any atom is -0.492 e. The van der Waals surface area contributed by atoms with E-state index in [0.717, 1.165) is 6.42 Å². The van der Waals surface area contributed by atoms with E-state index in [9.17, 15) is 9.18 Å². The fraction of sp³-hybridized carbons (Fsp3) is 0.562. The van der Waals surface area contributed by atoms with Gasteiger partial charge < -0.3 is 15.2 Å². The number of carbonyl (C=O) groups excluding carboxylic acids is 1. The standard InChI is InChI=1S/C16H24FNO3/c1-5-13(18)9-11-8-12(17)6-7-14(11)21-10-16(2,3)15(19)20-4/h6-8,13H,5,9-10,18H2,1-4H3. The molecular weight excluding hydrogens is 273 g/mol. The molecule has 1 aromatic carbocycles. The van der Waals surface area contributed by atoms with E-state index in [1.54, 1.807) is 19.9 Å². The lowest BCUT2D eigenvalue weighted by molar-refractivity contribution is -0.152. The molecule has 21 heavy (non-hydrogen) atoms. The van der Waals surface area contributed by atoms with Gasteiger partial charge in [-0.3, -0.25) is 4.79 Å². The molecule has 0 aliphatic carbocycles. The lowest BCUT2D eigenvalue weighted by atomic mass is 9.95. The number of hydrogen-bond acceptors (Lipinski definition) is 4. The zero-order valence-corrected chi connectivity index (χ0v) is 13.1. The second-order valence-electron chi connectivity index (χ2n) is 5.79. The smallest absolute Gasteiger partial charge is 0.314 e. The molecule has 0 saturated carbocycles. The third kappa shape index (κ3) is 5.01. The van der Waals surface area contributed by atoms with Gasteiger partial charge in [-0.15, -0.1) is 0 Å². The van der Waals surface area contributed by atoms with E-state index in [1.165, 1.54) is 19.2 Å². The molecular formula is C16H24FNO3. The highest BCUT2D eigenvalue weighted by molar-refractivity contribution is 5.75. The number of benzene rings is 1. The van der Waals surface area contributed by atoms with Gasteiger partial charge in [0.1, 0.15) is 18.2 Å². The second kappa shape index (κ2) is 7.41. The van der Waals surface area contributed by atoms with Crippen molar-refractivity contribution in [1.29, 1.82) is 0 Å². The van der Waals surface area contributed by atoms with E-state index < -0.39 is 5.41 Å². The Kier molecular flexibility index (Phi) is 6.15. The Morgan fingerprint density at radius 2 is 2.10 bits per heavy atom. The maximum absolute atomic E-state index is 13.4. The van der Waals surface area contributed by atoms with Gasteiger partial charge in [0, 0.05) is 6.04 Å². The van der Waals surface area contributed by atoms with Gasteiger partial charge in [0.15, 0.2) is 0 Å². The van der Waals surface area contributed by atoms with Gasteiger partial charge in [0.2, 0.25) is 0 Å². The Balaban J connectivity index is 2.85. The predicted molar refractivity (Wildman–Crippen MR) is 79.7 cm³/mol. The molecule has 1 aromatic rings. The Morgan fingerprint density at radius 3 is 2.67 bits per heavy atom. The summed E-state index contributed by atoms with van der Waals surface area (Å²) in [6, 6.07) is 4.28. The van der Waals surface area contributed by atoms with Crippen molar-refractivity contribution in [2.45, 2.75) is 39.7 Å². The molecule has 5 heteroatoms. The Morgan fingerprint density at radius 1 is 1.43 bits per heavy atom. The molecule has 0 aromatic heterocycles. The molecule has 0 heterocycles. The molecule has 0 fully saturated rings. The molecule has 4 nitrogen and oxygen atoms in total. The summed E-state index contributed by atoms with van der Waals surface area (Å²) >= 11 is 0. The minimum absolute atomic E-state index is 0.0530. The zero-order valence-electron chi connectivity index (χ0n) is 13.1. The van der Waals surface area contributed by atoms with Crippen molar-refractivity contribution in [3.05, 3.63) is 29.6 Å². The predicted octanol–water partition coefficient (Wildman–Crippen LogP) is 2.68. The first kappa shape index (κ1) is 17.4. The number of halogens is 1. The van der Waals surface area contributed by atoms with E-state index in [4.69, 9.17) is 15.2 Å². The van der Waals surface area contributed by atoms with Crippen molar-refractivity contribution in [2.75, 3.05) is 13.7 Å². The molecule has 0 spiro atoms. The lowest BCUT2D eigenvalue weighted by Crippen LogP contribution is -2.32. The van der Waals surface area contributed by atoms with Gasteiger partial charge in [0.05, 0.1) is 12.5 Å². The summed E-state index contributed by atoms with van der Waals surface area (Å²) in [6.45, 7) is 5.60. The maximum atomic E-state index is 13.4. The van der Waals surface area contributed by atoms with Gasteiger partial charge in [0.25, 0.3) is 0 Å². The average molecular weight is 297 g/mol. The molecule has 0 saturated heterocycles. The molecule has 0 aliphatic heterocycles. The third-order valence-electron chi connectivity index (χ3n) is 3.36. The highest BCUT2D eigenvalue weighted by atomic mass is 19.1. The number of rotatable bonds is 7. The van der Waals surface area contributed by atoms with Crippen LogP contribution in [0.25, 0.3) is 0 Å². The lowest BCUT2D eigenvalue weighted by Gasteiger charge is -2.23. The van der Waals surface area contributed by atoms with Gasteiger partial charge in [-0.05, 0) is 50.5 Å². The van der Waals surface area contributed by atoms with Crippen LogP contribution in [0.5, 0.6) is 5.75 Å². The number of carbonyl (C=O) groups is 1. The Hall–Kier alpha value is -1.62. The van der Waals surface area contributed by atoms with Gasteiger partial charge in [-0.1, -0.05) is 6.92 Å². The van der Waals surface area contributed by atoms with Crippen LogP contribution < -0.4 is 10.5 Å². The largest absolute Gasteiger partial charge is 0.492 e. The SMILES string of the molecule is CCC(N)Cc1cc(F)ccc1OCC(C)(C)C(=O)OC. The van der Waals surface area contributed by atoms with Crippen molar-refractivity contribution in [3.8, 4) is 5.75 Å². The number of nitrogens with two attached hydrogens (primary N) is 1. The fourth-order valence-corrected chi connectivity index (χ4v) is 1.87. The topological polar surface area (TPSA) is 61.5 Å². The first-order valence-electron chi connectivity index (χ1n) is 7.05. The summed E-state index contributed by atoms with van der Waals surface area (Å²) in [7, 11) is 1.34. The van der Waals surface area contributed by atoms with Crippen LogP contribution in [0.15, 0.2) is 18.2 Å². The van der Waals surface area contributed by atoms with Crippen molar-refractivity contribution in [3.63, 3.8) is 0 Å². The van der Waals surface area contributed by atoms with E-state index in [1.807, 2.05) is 6.92 Å². The molecule has 0 bridgehead atoms. The molecule has 0 amide bonds. The van der Waals surface area contributed by atoms with E-state index in [0.29, 0.717) is 17.7 Å². The Labute approximate surface area is 125 Å². The molecule has 2 N–H and O–H groups in total. The average Bonchev–Trinajstić information content (AvgIpc) is 2.45. The van der Waals surface area contributed by atoms with E-state index in [-0.39, 0.29) is 24.4 Å². The number of methoxy groups -OCH3 is 1. The quantitative estimate of drug-likeness (QED) is 0.786. The van der Waals surface area contributed by atoms with E-state index >= 15 is 0 Å². The Bertz CT molecular complexity index is 488. The molecule has 1 unspecified atom stereocenters. The van der Waals surface area contributed by atoms with Crippen LogP contribution in [0.4, 0.5) is 4.39 Å². The first-order valence-corrected chi connectivity index (χ1v) is 7.05. The normalized spacial score (nSPS) is 12.9. The fourth-order valence-electron chi connectivity index (χ4n) is 1.87. The second-order valence-corrected chi connectivity index (χ2v) is 5.79. The number of ether oxygens (including phenoxy) is 2. The van der Waals surface area contributed by atoms with Crippen LogP contribution in [-0.4, -0.2) is 25.7 Å². The maximum Gasteiger partial charge on any atom is 0.314 e. The van der Waals surface area contributed by atoms with Crippen LogP contribution >= 0.6 is 0 Å². The number of hydrogen-bond donors (Lipinski definition) is 1. The van der Waals surface area contributed by atoms with Crippen LogP contribution in [0.3, 0.4) is 0 Å². The molecule has 1 atom stereocenters. The van der Waals surface area contributed by atoms with Crippen molar-refractivity contribution in [2.24, 2.45) is 11.1 Å². The summed E-state index contributed by atoms with van der Waals surface area (Å²) in [5.74, 6) is -0.124. The van der Waals surface area contributed by atoms with Crippen LogP contribution in [-0.2, 0) is 16.0 Å². The summed E-state index contributed by atoms with van der Waals surface area (Å²) in [5.41, 5.74) is 5.87. The van der Waals surface area contributed by atoms with Gasteiger partial charge >= 0.3 is 5.97 Å². The first-order chi connectivity index (χ1) is 9.80. The monoisotopic (exact) mass is 297 g/mol. The summed E-state index contributed by atoms with van der Waals surface area (Å²) < 4.78 is 23.8. The summed E-state index contributed by atoms with van der Waals surface area (Å²) in [6.07, 6.45) is 1.33. The van der Waals surface area contributed by atoms with Crippen molar-refractivity contribution >= 4 is 5.97 Å². The van der Waals surface area contributed by atoms with Crippen molar-refractivity contribution < 1.29 is 18.7 Å². The minimum atomic E-state index is -0.771.